The number of aromatic nitrogens is 2. The maximum absolute atomic E-state index is 12.2. The topological polar surface area (TPSA) is 61.2 Å². The van der Waals surface area contributed by atoms with Gasteiger partial charge in [-0.15, -0.1) is 23.2 Å². The molecule has 1 unspecified atom stereocenters. The van der Waals surface area contributed by atoms with Gasteiger partial charge >= 0.3 is 5.97 Å². The molecular formula is C14H12Cl2N2O3. The largest absolute Gasteiger partial charge is 0.460 e. The maximum atomic E-state index is 12.2. The van der Waals surface area contributed by atoms with Gasteiger partial charge in [-0.2, -0.15) is 5.10 Å². The molecule has 0 amide bonds. The first kappa shape index (κ1) is 14.4. The van der Waals surface area contributed by atoms with E-state index in [-0.39, 0.29) is 23.8 Å². The first-order chi connectivity index (χ1) is 9.90. The second kappa shape index (κ2) is 5.00. The first-order valence-electron chi connectivity index (χ1n) is 6.41. The lowest BCUT2D eigenvalue weighted by molar-refractivity contribution is 0.0478. The molecule has 5 nitrogen and oxygen atoms in total. The number of fused-ring (bicyclic) bond motifs is 1. The molecule has 0 spiro atoms. The fourth-order valence-electron chi connectivity index (χ4n) is 2.15. The maximum Gasteiger partial charge on any atom is 0.359 e. The number of hydrogen-bond donors (Lipinski definition) is 0. The molecule has 2 aromatic rings. The number of carbonyl (C=O) groups excluding carboxylic acids is 1. The Labute approximate surface area is 130 Å². The molecule has 0 saturated heterocycles. The summed E-state index contributed by atoms with van der Waals surface area (Å²) in [7, 11) is 1.50. The first-order valence-corrected chi connectivity index (χ1v) is 7.17. The Bertz CT molecular complexity index is 785. The predicted molar refractivity (Wildman–Crippen MR) is 79.8 cm³/mol. The van der Waals surface area contributed by atoms with Crippen molar-refractivity contribution in [3.8, 4) is 0 Å². The van der Waals surface area contributed by atoms with Crippen molar-refractivity contribution in [2.45, 2.75) is 10.8 Å². The Morgan fingerprint density at radius 3 is 2.67 bits per heavy atom. The van der Waals surface area contributed by atoms with E-state index in [0.717, 1.165) is 4.68 Å². The number of alkyl halides is 2. The normalized spacial score (nSPS) is 19.5. The van der Waals surface area contributed by atoms with Crippen LogP contribution in [-0.2, 0) is 11.8 Å². The highest BCUT2D eigenvalue weighted by Crippen LogP contribution is 2.53. The zero-order chi connectivity index (χ0) is 15.2. The SMILES string of the molecule is Cn1nc(C(=O)OCC2CC2(Cl)Cl)c2ccccc2c1=O. The molecule has 3 rings (SSSR count). The number of nitrogens with zero attached hydrogens (tertiary/aromatic N) is 2. The van der Waals surface area contributed by atoms with Crippen molar-refractivity contribution in [1.29, 1.82) is 0 Å². The van der Waals surface area contributed by atoms with Gasteiger partial charge in [-0.05, 0) is 12.5 Å². The summed E-state index contributed by atoms with van der Waals surface area (Å²) >= 11 is 11.8. The number of hydrogen-bond acceptors (Lipinski definition) is 4. The van der Waals surface area contributed by atoms with Crippen LogP contribution in [0.15, 0.2) is 29.1 Å². The van der Waals surface area contributed by atoms with Crippen LogP contribution in [0, 0.1) is 5.92 Å². The van der Waals surface area contributed by atoms with Crippen LogP contribution in [-0.4, -0.2) is 26.7 Å². The third kappa shape index (κ3) is 2.63. The number of ether oxygens (including phenoxy) is 1. The number of benzene rings is 1. The zero-order valence-electron chi connectivity index (χ0n) is 11.2. The van der Waals surface area contributed by atoms with Gasteiger partial charge in [0, 0.05) is 18.4 Å². The predicted octanol–water partition coefficient (Wildman–Crippen LogP) is 2.28. The molecule has 1 aliphatic carbocycles. The highest BCUT2D eigenvalue weighted by Gasteiger charge is 2.52. The van der Waals surface area contributed by atoms with Gasteiger partial charge in [0.1, 0.15) is 4.33 Å². The van der Waals surface area contributed by atoms with Crippen molar-refractivity contribution in [2.24, 2.45) is 13.0 Å². The van der Waals surface area contributed by atoms with Gasteiger partial charge in [0.05, 0.1) is 12.0 Å². The molecule has 1 saturated carbocycles. The van der Waals surface area contributed by atoms with Crippen LogP contribution in [0.1, 0.15) is 16.9 Å². The molecule has 0 bridgehead atoms. The van der Waals surface area contributed by atoms with Crippen LogP contribution in [0.2, 0.25) is 0 Å². The summed E-state index contributed by atoms with van der Waals surface area (Å²) in [5.74, 6) is -0.638. The number of aryl methyl sites for hydroxylation is 1. The van der Waals surface area contributed by atoms with E-state index in [0.29, 0.717) is 17.2 Å². The van der Waals surface area contributed by atoms with E-state index >= 15 is 0 Å². The quantitative estimate of drug-likeness (QED) is 0.641. The fraction of sp³-hybridized carbons (Fsp3) is 0.357. The number of rotatable bonds is 3. The van der Waals surface area contributed by atoms with Crippen molar-refractivity contribution in [1.82, 2.24) is 9.78 Å². The van der Waals surface area contributed by atoms with E-state index in [1.54, 1.807) is 24.3 Å². The van der Waals surface area contributed by atoms with Gasteiger partial charge in [-0.3, -0.25) is 4.79 Å². The summed E-state index contributed by atoms with van der Waals surface area (Å²) < 4.78 is 5.54. The number of halogens is 2. The summed E-state index contributed by atoms with van der Waals surface area (Å²) in [6.45, 7) is 0.144. The lowest BCUT2D eigenvalue weighted by Crippen LogP contribution is -2.24. The molecular weight excluding hydrogens is 315 g/mol. The van der Waals surface area contributed by atoms with Crippen molar-refractivity contribution in [3.05, 3.63) is 40.3 Å². The van der Waals surface area contributed by atoms with Crippen LogP contribution in [0.4, 0.5) is 0 Å². The Morgan fingerprint density at radius 1 is 1.43 bits per heavy atom. The zero-order valence-corrected chi connectivity index (χ0v) is 12.7. The lowest BCUT2D eigenvalue weighted by Gasteiger charge is -2.08. The van der Waals surface area contributed by atoms with E-state index in [1.807, 2.05) is 0 Å². The van der Waals surface area contributed by atoms with Crippen LogP contribution < -0.4 is 5.56 Å². The lowest BCUT2D eigenvalue weighted by atomic mass is 10.1. The van der Waals surface area contributed by atoms with E-state index in [4.69, 9.17) is 27.9 Å². The molecule has 0 N–H and O–H groups in total. The van der Waals surface area contributed by atoms with Gasteiger partial charge in [0.15, 0.2) is 5.69 Å². The second-order valence-electron chi connectivity index (χ2n) is 5.08. The van der Waals surface area contributed by atoms with E-state index in [2.05, 4.69) is 5.10 Å². The molecule has 21 heavy (non-hydrogen) atoms. The van der Waals surface area contributed by atoms with Gasteiger partial charge in [-0.25, -0.2) is 9.48 Å². The van der Waals surface area contributed by atoms with Gasteiger partial charge in [0.2, 0.25) is 0 Å². The summed E-state index contributed by atoms with van der Waals surface area (Å²) in [6, 6.07) is 6.80. The molecule has 1 atom stereocenters. The van der Waals surface area contributed by atoms with Crippen LogP contribution in [0.3, 0.4) is 0 Å². The van der Waals surface area contributed by atoms with Crippen LogP contribution >= 0.6 is 23.2 Å². The smallest absolute Gasteiger partial charge is 0.359 e. The summed E-state index contributed by atoms with van der Waals surface area (Å²) in [4.78, 5) is 24.2. The number of esters is 1. The Morgan fingerprint density at radius 2 is 2.05 bits per heavy atom. The van der Waals surface area contributed by atoms with Crippen molar-refractivity contribution < 1.29 is 9.53 Å². The standard InChI is InChI=1S/C14H12Cl2N2O3/c1-18-12(19)10-5-3-2-4-9(10)11(17-18)13(20)21-7-8-6-14(8,15)16/h2-5,8H,6-7H2,1H3. The minimum Gasteiger partial charge on any atom is -0.460 e. The molecule has 1 fully saturated rings. The molecule has 0 radical (unpaired) electrons. The van der Waals surface area contributed by atoms with Crippen LogP contribution in [0.5, 0.6) is 0 Å². The summed E-state index contributed by atoms with van der Waals surface area (Å²) in [5, 5.41) is 4.90. The van der Waals surface area contributed by atoms with Crippen LogP contribution in [0.25, 0.3) is 10.8 Å². The Balaban J connectivity index is 1.91. The highest BCUT2D eigenvalue weighted by atomic mass is 35.5. The van der Waals surface area contributed by atoms with Gasteiger partial charge in [-0.1, -0.05) is 18.2 Å². The molecule has 1 aromatic heterocycles. The summed E-state index contributed by atoms with van der Waals surface area (Å²) in [6.07, 6.45) is 0.602. The second-order valence-corrected chi connectivity index (χ2v) is 6.63. The van der Waals surface area contributed by atoms with E-state index < -0.39 is 10.3 Å². The minimum atomic E-state index is -0.792. The Kier molecular flexibility index (Phi) is 3.42. The van der Waals surface area contributed by atoms with Crippen molar-refractivity contribution in [3.63, 3.8) is 0 Å². The number of carbonyl (C=O) groups is 1. The third-order valence-electron chi connectivity index (χ3n) is 3.52. The monoisotopic (exact) mass is 326 g/mol. The fourth-order valence-corrected chi connectivity index (χ4v) is 2.64. The molecule has 1 heterocycles. The van der Waals surface area contributed by atoms with E-state index in [9.17, 15) is 9.59 Å². The average molecular weight is 327 g/mol. The third-order valence-corrected chi connectivity index (χ3v) is 4.45. The minimum absolute atomic E-state index is 0.0522. The van der Waals surface area contributed by atoms with Crippen molar-refractivity contribution in [2.75, 3.05) is 6.61 Å². The van der Waals surface area contributed by atoms with Gasteiger partial charge < -0.3 is 4.74 Å². The van der Waals surface area contributed by atoms with E-state index in [1.165, 1.54) is 7.05 Å². The molecule has 7 heteroatoms. The molecule has 110 valence electrons. The molecule has 0 aliphatic heterocycles. The molecule has 1 aromatic carbocycles. The molecule has 1 aliphatic rings. The van der Waals surface area contributed by atoms with Gasteiger partial charge in [0.25, 0.3) is 5.56 Å². The Hall–Kier alpha value is -1.59. The van der Waals surface area contributed by atoms with Crippen molar-refractivity contribution >= 4 is 39.9 Å². The average Bonchev–Trinajstić information content (AvgIpc) is 3.07. The summed E-state index contributed by atoms with van der Waals surface area (Å²) in [5.41, 5.74) is -0.145. The highest BCUT2D eigenvalue weighted by molar-refractivity contribution is 6.50.